The standard InChI is InChI=1S/C18H42O24P6/c1-2-3-4-5-6-7-8-9-10-11-12-36-48(34,35)42-18-16(40-46(28,29)30)14(38-44(22,23)24)13(37-43(19,20)21)15(39-45(25,26)27)17(18)41-47(31,32)33/h13-18H,2-12H2,1H3,(H,34,35)(H2,19,20,21)(H2,22,23,24)(H2,25,26,27)(H2,28,29,30)(H2,31,32,33)/t13?,14-,15+,16-,17-,18?/m0/s1. The quantitative estimate of drug-likeness (QED) is 0.0488. The first-order valence-corrected chi connectivity index (χ1v) is 23.1. The summed E-state index contributed by atoms with van der Waals surface area (Å²) in [4.78, 5) is 105. The Morgan fingerprint density at radius 3 is 0.854 bits per heavy atom. The molecule has 30 heteroatoms. The molecule has 0 amide bonds. The summed E-state index contributed by atoms with van der Waals surface area (Å²) in [5.74, 6) is 0. The van der Waals surface area contributed by atoms with Crippen LogP contribution in [-0.2, 0) is 59.1 Å². The zero-order chi connectivity index (χ0) is 37.2. The van der Waals surface area contributed by atoms with Gasteiger partial charge in [-0.15, -0.1) is 0 Å². The lowest BCUT2D eigenvalue weighted by Gasteiger charge is -2.48. The molecule has 1 aliphatic carbocycles. The fraction of sp³-hybridized carbons (Fsp3) is 1.00. The van der Waals surface area contributed by atoms with Crippen LogP contribution < -0.4 is 0 Å². The highest BCUT2D eigenvalue weighted by molar-refractivity contribution is 7.48. The van der Waals surface area contributed by atoms with Gasteiger partial charge in [-0.05, 0) is 6.42 Å². The molecular formula is C18H42O24P6. The van der Waals surface area contributed by atoms with Crippen LogP contribution in [0.2, 0.25) is 0 Å². The van der Waals surface area contributed by atoms with Crippen molar-refractivity contribution < 1.29 is 113 Å². The Labute approximate surface area is 274 Å². The SMILES string of the molecule is CCCCCCCCCCCCOP(=O)(O)OC1[C@@H](OP(=O)(O)O)[C@H](OP(=O)(O)O)C(OP(=O)(O)O)[C@H](OP(=O)(O)O)[C@@H]1OP(=O)(O)O. The van der Waals surface area contributed by atoms with Gasteiger partial charge in [0.05, 0.1) is 6.61 Å². The van der Waals surface area contributed by atoms with E-state index in [0.717, 1.165) is 44.9 Å². The van der Waals surface area contributed by atoms with Gasteiger partial charge in [-0.1, -0.05) is 64.7 Å². The van der Waals surface area contributed by atoms with E-state index >= 15 is 0 Å². The van der Waals surface area contributed by atoms with Gasteiger partial charge in [0.1, 0.15) is 36.6 Å². The topological polar surface area (TPSA) is 390 Å². The Morgan fingerprint density at radius 1 is 0.375 bits per heavy atom. The molecule has 0 aromatic rings. The van der Waals surface area contributed by atoms with Gasteiger partial charge in [-0.3, -0.25) is 31.7 Å². The van der Waals surface area contributed by atoms with Crippen molar-refractivity contribution in [2.24, 2.45) is 0 Å². The predicted octanol–water partition coefficient (Wildman–Crippen LogP) is 1.81. The van der Waals surface area contributed by atoms with Crippen LogP contribution >= 0.6 is 46.9 Å². The van der Waals surface area contributed by atoms with Crippen LogP contribution in [0.3, 0.4) is 0 Å². The van der Waals surface area contributed by atoms with Crippen LogP contribution in [0.1, 0.15) is 71.1 Å². The number of rotatable bonds is 24. The van der Waals surface area contributed by atoms with Crippen molar-refractivity contribution >= 4 is 46.9 Å². The molecule has 0 aromatic carbocycles. The molecule has 0 aromatic heterocycles. The molecule has 288 valence electrons. The number of unbranched alkanes of at least 4 members (excludes halogenated alkanes) is 9. The second-order valence-corrected chi connectivity index (χ2v) is 17.7. The summed E-state index contributed by atoms with van der Waals surface area (Å²) in [5.41, 5.74) is 0. The van der Waals surface area contributed by atoms with Crippen molar-refractivity contribution in [3.8, 4) is 0 Å². The van der Waals surface area contributed by atoms with E-state index in [1.807, 2.05) is 0 Å². The summed E-state index contributed by atoms with van der Waals surface area (Å²) in [6, 6.07) is 0. The smallest absolute Gasteiger partial charge is 0.303 e. The molecule has 1 fully saturated rings. The lowest BCUT2D eigenvalue weighted by Crippen LogP contribution is -2.66. The number of phosphoric ester groups is 6. The van der Waals surface area contributed by atoms with Crippen molar-refractivity contribution in [2.75, 3.05) is 6.61 Å². The first-order valence-electron chi connectivity index (χ1n) is 14.0. The number of hydrogen-bond donors (Lipinski definition) is 11. The Balaban J connectivity index is 3.49. The summed E-state index contributed by atoms with van der Waals surface area (Å²) in [6.07, 6.45) is -9.91. The first kappa shape index (κ1) is 46.7. The third-order valence-corrected chi connectivity index (χ3v) is 9.85. The van der Waals surface area contributed by atoms with Crippen LogP contribution in [0.15, 0.2) is 0 Å². The van der Waals surface area contributed by atoms with E-state index in [4.69, 9.17) is 9.05 Å². The van der Waals surface area contributed by atoms with Gasteiger partial charge in [-0.2, -0.15) is 0 Å². The van der Waals surface area contributed by atoms with Crippen molar-refractivity contribution in [3.63, 3.8) is 0 Å². The summed E-state index contributed by atoms with van der Waals surface area (Å²) in [6.45, 7) is 1.55. The summed E-state index contributed by atoms with van der Waals surface area (Å²) < 4.78 is 103. The second-order valence-electron chi connectivity index (χ2n) is 10.4. The van der Waals surface area contributed by atoms with Crippen LogP contribution in [0.25, 0.3) is 0 Å². The molecule has 0 heterocycles. The van der Waals surface area contributed by atoms with Gasteiger partial charge in [0.15, 0.2) is 0 Å². The number of hydrogen-bond acceptors (Lipinski definition) is 13. The molecule has 0 bridgehead atoms. The molecule has 0 radical (unpaired) electrons. The maximum atomic E-state index is 12.9. The van der Waals surface area contributed by atoms with E-state index < -0.39 is 90.2 Å². The highest BCUT2D eigenvalue weighted by atomic mass is 31.2. The monoisotopic (exact) mass is 828 g/mol. The largest absolute Gasteiger partial charge is 0.472 e. The maximum Gasteiger partial charge on any atom is 0.472 e. The number of phosphoric acid groups is 6. The van der Waals surface area contributed by atoms with Crippen molar-refractivity contribution in [1.29, 1.82) is 0 Å². The molecule has 0 saturated heterocycles. The third-order valence-electron chi connectivity index (χ3n) is 6.25. The van der Waals surface area contributed by atoms with E-state index in [1.165, 1.54) is 0 Å². The van der Waals surface area contributed by atoms with Gasteiger partial charge in [0.25, 0.3) is 0 Å². The van der Waals surface area contributed by atoms with Gasteiger partial charge in [-0.25, -0.2) is 27.4 Å². The maximum absolute atomic E-state index is 12.9. The molecule has 24 nitrogen and oxygen atoms in total. The summed E-state index contributed by atoms with van der Waals surface area (Å²) in [7, 11) is -35.7. The Kier molecular flexibility index (Phi) is 19.1. The normalized spacial score (nSPS) is 26.0. The molecule has 3 unspecified atom stereocenters. The van der Waals surface area contributed by atoms with Crippen molar-refractivity contribution in [1.82, 2.24) is 0 Å². The molecule has 1 saturated carbocycles. The van der Waals surface area contributed by atoms with Crippen LogP contribution in [-0.4, -0.2) is 97.1 Å². The molecular weight excluding hydrogens is 786 g/mol. The van der Waals surface area contributed by atoms with E-state index in [-0.39, 0.29) is 6.42 Å². The van der Waals surface area contributed by atoms with E-state index in [9.17, 15) is 81.2 Å². The second kappa shape index (κ2) is 19.7. The van der Waals surface area contributed by atoms with Crippen LogP contribution in [0, 0.1) is 0 Å². The van der Waals surface area contributed by atoms with Gasteiger partial charge < -0.3 is 53.8 Å². The zero-order valence-electron chi connectivity index (χ0n) is 25.2. The Hall–Kier alpha value is 0.660. The van der Waals surface area contributed by atoms with Crippen molar-refractivity contribution in [2.45, 2.75) is 108 Å². The molecule has 1 rings (SSSR count). The third kappa shape index (κ3) is 20.6. The van der Waals surface area contributed by atoms with E-state index in [0.29, 0.717) is 12.8 Å². The summed E-state index contributed by atoms with van der Waals surface area (Å²) in [5, 5.41) is 0. The van der Waals surface area contributed by atoms with Gasteiger partial charge in [0, 0.05) is 0 Å². The zero-order valence-corrected chi connectivity index (χ0v) is 30.5. The lowest BCUT2D eigenvalue weighted by atomic mass is 9.85. The van der Waals surface area contributed by atoms with Crippen LogP contribution in [0.4, 0.5) is 0 Å². The Bertz CT molecular complexity index is 1210. The minimum Gasteiger partial charge on any atom is -0.303 e. The highest BCUT2D eigenvalue weighted by Crippen LogP contribution is 2.58. The lowest BCUT2D eigenvalue weighted by molar-refractivity contribution is -0.202. The Morgan fingerprint density at radius 2 is 0.604 bits per heavy atom. The fourth-order valence-electron chi connectivity index (χ4n) is 4.59. The molecule has 48 heavy (non-hydrogen) atoms. The van der Waals surface area contributed by atoms with Crippen LogP contribution in [0.5, 0.6) is 0 Å². The van der Waals surface area contributed by atoms with E-state index in [2.05, 4.69) is 29.5 Å². The molecule has 7 atom stereocenters. The van der Waals surface area contributed by atoms with Gasteiger partial charge >= 0.3 is 46.9 Å². The van der Waals surface area contributed by atoms with Gasteiger partial charge in [0.2, 0.25) is 0 Å². The summed E-state index contributed by atoms with van der Waals surface area (Å²) >= 11 is 0. The minimum atomic E-state index is -6.03. The minimum absolute atomic E-state index is 0.130. The predicted molar refractivity (Wildman–Crippen MR) is 157 cm³/mol. The fourth-order valence-corrected chi connectivity index (χ4v) is 8.34. The molecule has 1 aliphatic rings. The van der Waals surface area contributed by atoms with E-state index in [1.54, 1.807) is 0 Å². The average Bonchev–Trinajstić information content (AvgIpc) is 2.85. The molecule has 11 N–H and O–H groups in total. The highest BCUT2D eigenvalue weighted by Gasteiger charge is 2.62. The molecule has 0 aliphatic heterocycles. The molecule has 0 spiro atoms. The average molecular weight is 828 g/mol. The first-order chi connectivity index (χ1) is 21.6. The van der Waals surface area contributed by atoms with Crippen molar-refractivity contribution in [3.05, 3.63) is 0 Å².